The van der Waals surface area contributed by atoms with Gasteiger partial charge in [0.1, 0.15) is 19.8 Å². The van der Waals surface area contributed by atoms with Gasteiger partial charge in [0.25, 0.3) is 7.82 Å². The van der Waals surface area contributed by atoms with E-state index in [9.17, 15) is 19.0 Å². The van der Waals surface area contributed by atoms with Crippen molar-refractivity contribution in [1.82, 2.24) is 0 Å². The standard InChI is InChI=1S/C48H84NO8P/c1-6-8-10-12-14-16-18-20-22-24-26-28-30-32-34-36-38-40-47(50)54-44-46(45-56-58(52,53)55-43-42-49(3,4)5)57-48(51)41-39-37-35-33-31-29-27-25-23-21-19-17-15-13-11-9-7-2/h11,13,17,19,23,25-26,28-29,31-32,34,46H,6-10,12,14-16,18,20-22,24,27,30,33,35-45H2,1-5H3/b13-11+,19-17+,25-23+,28-26+,31-29+,34-32+/t46-/m1/s1. The van der Waals surface area contributed by atoms with Crippen LogP contribution in [-0.4, -0.2) is 70.0 Å². The second kappa shape index (κ2) is 39.9. The highest BCUT2D eigenvalue weighted by atomic mass is 31.2. The Balaban J connectivity index is 4.48. The topological polar surface area (TPSA) is 111 Å². The number of ether oxygens (including phenoxy) is 2. The molecule has 0 N–H and O–H groups in total. The van der Waals surface area contributed by atoms with E-state index in [1.165, 1.54) is 64.2 Å². The van der Waals surface area contributed by atoms with Crippen LogP contribution in [-0.2, 0) is 32.7 Å². The minimum absolute atomic E-state index is 0.0468. The van der Waals surface area contributed by atoms with Gasteiger partial charge < -0.3 is 27.9 Å². The number of nitrogens with zero attached hydrogens (tertiary/aromatic N) is 1. The Bertz CT molecular complexity index is 1220. The summed E-state index contributed by atoms with van der Waals surface area (Å²) in [6.07, 6.45) is 49.4. The fourth-order valence-corrected chi connectivity index (χ4v) is 6.35. The Kier molecular flexibility index (Phi) is 38.1. The van der Waals surface area contributed by atoms with Crippen molar-refractivity contribution in [3.8, 4) is 0 Å². The highest BCUT2D eigenvalue weighted by molar-refractivity contribution is 7.45. The van der Waals surface area contributed by atoms with Crippen LogP contribution in [0, 0.1) is 0 Å². The van der Waals surface area contributed by atoms with Gasteiger partial charge >= 0.3 is 11.9 Å². The molecule has 10 heteroatoms. The molecule has 0 aromatic carbocycles. The highest BCUT2D eigenvalue weighted by Crippen LogP contribution is 2.38. The third-order valence-corrected chi connectivity index (χ3v) is 10.1. The van der Waals surface area contributed by atoms with Gasteiger partial charge in [0.15, 0.2) is 6.10 Å². The summed E-state index contributed by atoms with van der Waals surface area (Å²) in [5, 5.41) is 0. The van der Waals surface area contributed by atoms with Crippen molar-refractivity contribution in [3.05, 3.63) is 72.9 Å². The number of phosphoric acid groups is 1. The van der Waals surface area contributed by atoms with Gasteiger partial charge in [-0.25, -0.2) is 0 Å². The minimum Gasteiger partial charge on any atom is -0.756 e. The van der Waals surface area contributed by atoms with Crippen LogP contribution < -0.4 is 4.89 Å². The smallest absolute Gasteiger partial charge is 0.306 e. The summed E-state index contributed by atoms with van der Waals surface area (Å²) in [5.74, 6) is -0.929. The van der Waals surface area contributed by atoms with Crippen LogP contribution in [0.5, 0.6) is 0 Å². The molecule has 0 radical (unpaired) electrons. The summed E-state index contributed by atoms with van der Waals surface area (Å²) in [5.41, 5.74) is 0. The minimum atomic E-state index is -4.65. The molecule has 2 atom stereocenters. The Labute approximate surface area is 355 Å². The number of phosphoric ester groups is 1. The quantitative estimate of drug-likeness (QED) is 0.0197. The van der Waals surface area contributed by atoms with Crippen LogP contribution in [0.3, 0.4) is 0 Å². The lowest BCUT2D eigenvalue weighted by molar-refractivity contribution is -0.870. The monoisotopic (exact) mass is 834 g/mol. The molecule has 58 heavy (non-hydrogen) atoms. The molecular formula is C48H84NO8P. The molecule has 0 saturated carbocycles. The first-order valence-corrected chi connectivity index (χ1v) is 24.1. The van der Waals surface area contributed by atoms with Gasteiger partial charge in [-0.15, -0.1) is 0 Å². The summed E-state index contributed by atoms with van der Waals surface area (Å²) in [6.45, 7) is 4.06. The van der Waals surface area contributed by atoms with Crippen LogP contribution in [0.25, 0.3) is 0 Å². The predicted molar refractivity (Wildman–Crippen MR) is 240 cm³/mol. The predicted octanol–water partition coefficient (Wildman–Crippen LogP) is 12.4. The Morgan fingerprint density at radius 1 is 0.534 bits per heavy atom. The zero-order chi connectivity index (χ0) is 42.8. The lowest BCUT2D eigenvalue weighted by atomic mass is 10.1. The summed E-state index contributed by atoms with van der Waals surface area (Å²) < 4.78 is 33.8. The number of allylic oxidation sites excluding steroid dienone is 12. The number of carbonyl (C=O) groups excluding carboxylic acids is 2. The van der Waals surface area contributed by atoms with E-state index < -0.39 is 32.5 Å². The van der Waals surface area contributed by atoms with Gasteiger partial charge in [0, 0.05) is 12.8 Å². The van der Waals surface area contributed by atoms with Crippen molar-refractivity contribution >= 4 is 19.8 Å². The van der Waals surface area contributed by atoms with Gasteiger partial charge in [-0.05, 0) is 77.0 Å². The second-order valence-corrected chi connectivity index (χ2v) is 17.5. The van der Waals surface area contributed by atoms with E-state index in [-0.39, 0.29) is 26.1 Å². The first-order chi connectivity index (χ1) is 28.0. The molecular weight excluding hydrogens is 750 g/mol. The Morgan fingerprint density at radius 2 is 0.983 bits per heavy atom. The molecule has 0 saturated heterocycles. The van der Waals surface area contributed by atoms with E-state index in [2.05, 4.69) is 86.8 Å². The van der Waals surface area contributed by atoms with Crippen molar-refractivity contribution < 1.29 is 42.1 Å². The molecule has 0 bridgehead atoms. The number of hydrogen-bond donors (Lipinski definition) is 0. The maximum absolute atomic E-state index is 12.7. The molecule has 0 aromatic heterocycles. The number of likely N-dealkylation sites (N-methyl/N-ethyl adjacent to an activating group) is 1. The van der Waals surface area contributed by atoms with Crippen LogP contribution >= 0.6 is 7.82 Å². The largest absolute Gasteiger partial charge is 0.756 e. The van der Waals surface area contributed by atoms with Gasteiger partial charge in [-0.1, -0.05) is 151 Å². The SMILES string of the molecule is CCC/C=C/C/C=C/C/C=C/C/C=C/CCCCCC(=O)O[C@H](COC(=O)CCC/C=C/C/C=C/CCCCCCCCCCC)COP(=O)([O-])OCC[N+](C)(C)C. The average Bonchev–Trinajstić information content (AvgIpc) is 3.17. The number of carbonyl (C=O) groups is 2. The molecule has 0 aliphatic rings. The van der Waals surface area contributed by atoms with Crippen LogP contribution in [0.1, 0.15) is 168 Å². The fourth-order valence-electron chi connectivity index (χ4n) is 5.62. The van der Waals surface area contributed by atoms with Gasteiger partial charge in [-0.3, -0.25) is 14.2 Å². The molecule has 0 rings (SSSR count). The number of quaternary nitrogens is 1. The third-order valence-electron chi connectivity index (χ3n) is 9.18. The summed E-state index contributed by atoms with van der Waals surface area (Å²) in [4.78, 5) is 37.5. The zero-order valence-corrected chi connectivity index (χ0v) is 38.4. The zero-order valence-electron chi connectivity index (χ0n) is 37.5. The molecule has 0 fully saturated rings. The van der Waals surface area contributed by atoms with Crippen molar-refractivity contribution in [3.63, 3.8) is 0 Å². The molecule has 334 valence electrons. The Hall–Kier alpha value is -2.55. The van der Waals surface area contributed by atoms with E-state index in [4.69, 9.17) is 18.5 Å². The number of hydrogen-bond acceptors (Lipinski definition) is 8. The normalized spacial score (nSPS) is 14.2. The van der Waals surface area contributed by atoms with Crippen molar-refractivity contribution in [2.75, 3.05) is 47.5 Å². The molecule has 0 aliphatic heterocycles. The summed E-state index contributed by atoms with van der Waals surface area (Å²) in [7, 11) is 1.11. The van der Waals surface area contributed by atoms with Crippen LogP contribution in [0.2, 0.25) is 0 Å². The molecule has 1 unspecified atom stereocenters. The van der Waals surface area contributed by atoms with E-state index in [1.807, 2.05) is 21.1 Å². The van der Waals surface area contributed by atoms with E-state index >= 15 is 0 Å². The third kappa shape index (κ3) is 43.0. The van der Waals surface area contributed by atoms with E-state index in [0.717, 1.165) is 64.2 Å². The highest BCUT2D eigenvalue weighted by Gasteiger charge is 2.21. The van der Waals surface area contributed by atoms with Crippen molar-refractivity contribution in [1.29, 1.82) is 0 Å². The lowest BCUT2D eigenvalue weighted by Gasteiger charge is -2.28. The average molecular weight is 834 g/mol. The molecule has 0 aliphatic carbocycles. The molecule has 0 aromatic rings. The first kappa shape index (κ1) is 55.5. The molecule has 0 amide bonds. The van der Waals surface area contributed by atoms with E-state index in [0.29, 0.717) is 23.9 Å². The maximum atomic E-state index is 12.7. The van der Waals surface area contributed by atoms with Gasteiger partial charge in [0.2, 0.25) is 0 Å². The maximum Gasteiger partial charge on any atom is 0.306 e. The van der Waals surface area contributed by atoms with E-state index in [1.54, 1.807) is 0 Å². The fraction of sp³-hybridized carbons (Fsp3) is 0.708. The number of unbranched alkanes of at least 4 members (excludes halogenated alkanes) is 14. The lowest BCUT2D eigenvalue weighted by Crippen LogP contribution is -2.37. The summed E-state index contributed by atoms with van der Waals surface area (Å²) in [6, 6.07) is 0. The van der Waals surface area contributed by atoms with Crippen LogP contribution in [0.4, 0.5) is 0 Å². The summed E-state index contributed by atoms with van der Waals surface area (Å²) >= 11 is 0. The number of rotatable bonds is 40. The van der Waals surface area contributed by atoms with Gasteiger partial charge in [-0.2, -0.15) is 0 Å². The molecule has 9 nitrogen and oxygen atoms in total. The number of esters is 2. The van der Waals surface area contributed by atoms with Gasteiger partial charge in [0.05, 0.1) is 27.7 Å². The van der Waals surface area contributed by atoms with Crippen LogP contribution in [0.15, 0.2) is 72.9 Å². The second-order valence-electron chi connectivity index (χ2n) is 16.1. The first-order valence-electron chi connectivity index (χ1n) is 22.6. The van der Waals surface area contributed by atoms with Crippen molar-refractivity contribution in [2.24, 2.45) is 0 Å². The Morgan fingerprint density at radius 3 is 1.50 bits per heavy atom. The van der Waals surface area contributed by atoms with Crippen molar-refractivity contribution in [2.45, 2.75) is 174 Å². The molecule has 0 heterocycles. The molecule has 0 spiro atoms.